The quantitative estimate of drug-likeness (QED) is 0.672. The van der Waals surface area contributed by atoms with Gasteiger partial charge >= 0.3 is 0 Å². The number of nitrogens with zero attached hydrogens (tertiary/aromatic N) is 5. The van der Waals surface area contributed by atoms with E-state index in [9.17, 15) is 9.59 Å². The van der Waals surface area contributed by atoms with Crippen molar-refractivity contribution in [1.29, 1.82) is 0 Å². The number of ether oxygens (including phenoxy) is 1. The van der Waals surface area contributed by atoms with Gasteiger partial charge in [-0.1, -0.05) is 23.7 Å². The zero-order chi connectivity index (χ0) is 21.4. The number of morpholine rings is 1. The first-order valence-electron chi connectivity index (χ1n) is 10.1. The largest absolute Gasteiger partial charge is 0.378 e. The van der Waals surface area contributed by atoms with Gasteiger partial charge in [0.15, 0.2) is 5.69 Å². The lowest BCUT2D eigenvalue weighted by molar-refractivity contribution is 0.0298. The van der Waals surface area contributed by atoms with E-state index in [0.717, 1.165) is 11.3 Å². The van der Waals surface area contributed by atoms with Gasteiger partial charge in [0.25, 0.3) is 11.8 Å². The predicted molar refractivity (Wildman–Crippen MR) is 113 cm³/mol. The van der Waals surface area contributed by atoms with Gasteiger partial charge in [-0.3, -0.25) is 19.4 Å². The third-order valence-corrected chi connectivity index (χ3v) is 5.77. The summed E-state index contributed by atoms with van der Waals surface area (Å²) in [5.41, 5.74) is 3.16. The number of H-pyrrole nitrogens is 1. The highest BCUT2D eigenvalue weighted by Crippen LogP contribution is 2.23. The van der Waals surface area contributed by atoms with Crippen LogP contribution in [0.2, 0.25) is 5.02 Å². The van der Waals surface area contributed by atoms with E-state index in [1.165, 1.54) is 0 Å². The number of carbonyl (C=O) groups excluding carboxylic acids is 2. The summed E-state index contributed by atoms with van der Waals surface area (Å²) in [5.74, 6) is -0.239. The second-order valence-corrected chi connectivity index (χ2v) is 7.99. The van der Waals surface area contributed by atoms with Crippen molar-refractivity contribution < 1.29 is 14.3 Å². The topological polar surface area (TPSA) is 96.3 Å². The van der Waals surface area contributed by atoms with Gasteiger partial charge in [-0.2, -0.15) is 10.2 Å². The minimum Gasteiger partial charge on any atom is -0.378 e. The zero-order valence-corrected chi connectivity index (χ0v) is 17.5. The molecule has 2 aliphatic heterocycles. The SMILES string of the molecule is O=C(c1cc2n(n1)CCN(C(=O)c1cc(-c3cccc(Cl)c3)n[nH]1)C2)N1CCOCC1. The van der Waals surface area contributed by atoms with Gasteiger partial charge < -0.3 is 14.5 Å². The predicted octanol–water partition coefficient (Wildman–Crippen LogP) is 2.05. The number of hydrogen-bond acceptors (Lipinski definition) is 5. The minimum atomic E-state index is -0.144. The number of aromatic nitrogens is 4. The lowest BCUT2D eigenvalue weighted by Gasteiger charge is -2.27. The van der Waals surface area contributed by atoms with E-state index in [2.05, 4.69) is 15.3 Å². The number of fused-ring (bicyclic) bond motifs is 1. The summed E-state index contributed by atoms with van der Waals surface area (Å²) in [6, 6.07) is 10.8. The van der Waals surface area contributed by atoms with Gasteiger partial charge in [-0.05, 0) is 24.3 Å². The summed E-state index contributed by atoms with van der Waals surface area (Å²) in [7, 11) is 0. The molecule has 9 nitrogen and oxygen atoms in total. The maximum Gasteiger partial charge on any atom is 0.274 e. The Kier molecular flexibility index (Phi) is 5.21. The molecule has 1 fully saturated rings. The van der Waals surface area contributed by atoms with E-state index in [4.69, 9.17) is 16.3 Å². The molecule has 0 spiro atoms. The first kappa shape index (κ1) is 19.8. The fourth-order valence-electron chi connectivity index (χ4n) is 3.87. The molecule has 0 saturated carbocycles. The number of halogens is 1. The molecule has 1 N–H and O–H groups in total. The Morgan fingerprint density at radius 1 is 1.00 bits per heavy atom. The number of aromatic amines is 1. The molecule has 1 saturated heterocycles. The molecule has 1 aromatic carbocycles. The maximum absolute atomic E-state index is 13.0. The fraction of sp³-hybridized carbons (Fsp3) is 0.333. The van der Waals surface area contributed by atoms with Crippen molar-refractivity contribution in [3.63, 3.8) is 0 Å². The Bertz CT molecular complexity index is 1130. The summed E-state index contributed by atoms with van der Waals surface area (Å²) in [6.45, 7) is 3.65. The Hall–Kier alpha value is -3.17. The molecule has 2 aromatic heterocycles. The minimum absolute atomic E-state index is 0.0946. The van der Waals surface area contributed by atoms with E-state index < -0.39 is 0 Å². The second kappa shape index (κ2) is 8.16. The molecule has 2 aliphatic rings. The van der Waals surface area contributed by atoms with E-state index in [0.29, 0.717) is 68.0 Å². The van der Waals surface area contributed by atoms with Crippen molar-refractivity contribution in [2.24, 2.45) is 0 Å². The average Bonchev–Trinajstić information content (AvgIpc) is 3.46. The molecule has 2 amide bonds. The van der Waals surface area contributed by atoms with E-state index in [-0.39, 0.29) is 11.8 Å². The van der Waals surface area contributed by atoms with Gasteiger partial charge in [-0.15, -0.1) is 0 Å². The second-order valence-electron chi connectivity index (χ2n) is 7.55. The van der Waals surface area contributed by atoms with Crippen LogP contribution in [-0.2, 0) is 17.8 Å². The molecular weight excluding hydrogens is 420 g/mol. The normalized spacial score (nSPS) is 16.3. The summed E-state index contributed by atoms with van der Waals surface area (Å²) in [5, 5.41) is 12.2. The standard InChI is InChI=1S/C21H21ClN6O3/c22-15-3-1-2-14(10-15)17-12-18(24-23-17)20(29)27-4-5-28-16(13-27)11-19(25-28)21(30)26-6-8-31-9-7-26/h1-3,10-12H,4-9,13H2,(H,23,24). The van der Waals surface area contributed by atoms with Crippen LogP contribution in [0.1, 0.15) is 26.7 Å². The molecule has 10 heteroatoms. The van der Waals surface area contributed by atoms with Crippen LogP contribution in [0.4, 0.5) is 0 Å². The molecule has 0 bridgehead atoms. The number of hydrogen-bond donors (Lipinski definition) is 1. The van der Waals surface area contributed by atoms with Gasteiger partial charge in [0.05, 0.1) is 37.7 Å². The van der Waals surface area contributed by atoms with Crippen LogP contribution in [0.5, 0.6) is 0 Å². The molecule has 0 radical (unpaired) electrons. The van der Waals surface area contributed by atoms with Crippen LogP contribution >= 0.6 is 11.6 Å². The highest BCUT2D eigenvalue weighted by molar-refractivity contribution is 6.30. The summed E-state index contributed by atoms with van der Waals surface area (Å²) < 4.78 is 7.11. The maximum atomic E-state index is 13.0. The molecule has 31 heavy (non-hydrogen) atoms. The van der Waals surface area contributed by atoms with Crippen LogP contribution in [0, 0.1) is 0 Å². The first-order valence-corrected chi connectivity index (χ1v) is 10.5. The monoisotopic (exact) mass is 440 g/mol. The molecule has 0 unspecified atom stereocenters. The van der Waals surface area contributed by atoms with E-state index in [1.807, 2.05) is 16.8 Å². The van der Waals surface area contributed by atoms with Gasteiger partial charge in [-0.25, -0.2) is 0 Å². The van der Waals surface area contributed by atoms with Crippen molar-refractivity contribution >= 4 is 23.4 Å². The van der Waals surface area contributed by atoms with Crippen LogP contribution in [0.3, 0.4) is 0 Å². The van der Waals surface area contributed by atoms with Gasteiger partial charge in [0, 0.05) is 30.2 Å². The highest BCUT2D eigenvalue weighted by atomic mass is 35.5. The molecule has 4 heterocycles. The summed E-state index contributed by atoms with van der Waals surface area (Å²) in [4.78, 5) is 29.2. The van der Waals surface area contributed by atoms with Crippen LogP contribution < -0.4 is 0 Å². The summed E-state index contributed by atoms with van der Waals surface area (Å²) >= 11 is 6.05. The average molecular weight is 441 g/mol. The van der Waals surface area contributed by atoms with Crippen LogP contribution in [0.25, 0.3) is 11.3 Å². The zero-order valence-electron chi connectivity index (χ0n) is 16.8. The van der Waals surface area contributed by atoms with Crippen molar-refractivity contribution in [3.05, 3.63) is 58.5 Å². The molecule has 160 valence electrons. The third-order valence-electron chi connectivity index (χ3n) is 5.53. The van der Waals surface area contributed by atoms with Crippen molar-refractivity contribution in [1.82, 2.24) is 29.8 Å². The smallest absolute Gasteiger partial charge is 0.274 e. The number of amides is 2. The number of benzene rings is 1. The first-order chi connectivity index (χ1) is 15.1. The number of carbonyl (C=O) groups is 2. The fourth-order valence-corrected chi connectivity index (χ4v) is 4.06. The molecule has 0 atom stereocenters. The number of rotatable bonds is 3. The van der Waals surface area contributed by atoms with Gasteiger partial charge in [0.2, 0.25) is 0 Å². The van der Waals surface area contributed by atoms with Crippen molar-refractivity contribution in [2.75, 3.05) is 32.8 Å². The van der Waals surface area contributed by atoms with E-state index >= 15 is 0 Å². The Morgan fingerprint density at radius 2 is 1.84 bits per heavy atom. The molecule has 5 rings (SSSR count). The molecular formula is C21H21ClN6O3. The van der Waals surface area contributed by atoms with Crippen LogP contribution in [-0.4, -0.2) is 74.4 Å². The Balaban J connectivity index is 1.30. The molecule has 3 aromatic rings. The number of nitrogens with one attached hydrogen (secondary N) is 1. The highest BCUT2D eigenvalue weighted by Gasteiger charge is 2.27. The summed E-state index contributed by atoms with van der Waals surface area (Å²) in [6.07, 6.45) is 0. The van der Waals surface area contributed by atoms with Crippen molar-refractivity contribution in [3.8, 4) is 11.3 Å². The van der Waals surface area contributed by atoms with Crippen LogP contribution in [0.15, 0.2) is 36.4 Å². The third kappa shape index (κ3) is 3.94. The van der Waals surface area contributed by atoms with Gasteiger partial charge in [0.1, 0.15) is 5.69 Å². The Morgan fingerprint density at radius 3 is 2.65 bits per heavy atom. The lowest BCUT2D eigenvalue weighted by atomic mass is 10.1. The van der Waals surface area contributed by atoms with E-state index in [1.54, 1.807) is 34.1 Å². The lowest BCUT2D eigenvalue weighted by Crippen LogP contribution is -2.41. The van der Waals surface area contributed by atoms with Crippen molar-refractivity contribution in [2.45, 2.75) is 13.1 Å². The Labute approximate surface area is 183 Å². The molecule has 0 aliphatic carbocycles.